The molecule has 3 heterocycles. The minimum Gasteiger partial charge on any atom is -0.444 e. The number of carbonyl (C=O) groups excluding carboxylic acids is 1. The van der Waals surface area contributed by atoms with Crippen LogP contribution in [-0.2, 0) is 10.3 Å². The number of benzene rings is 2. The summed E-state index contributed by atoms with van der Waals surface area (Å²) in [7, 11) is 0. The Morgan fingerprint density at radius 1 is 1.03 bits per heavy atom. The van der Waals surface area contributed by atoms with Crippen LogP contribution in [0.4, 0.5) is 10.5 Å². The lowest BCUT2D eigenvalue weighted by atomic mass is 9.76. The van der Waals surface area contributed by atoms with Crippen LogP contribution in [0.1, 0.15) is 44.7 Å². The van der Waals surface area contributed by atoms with Crippen LogP contribution in [0.25, 0.3) is 0 Å². The molecule has 0 radical (unpaired) electrons. The molecule has 1 N–H and O–H groups in total. The zero-order chi connectivity index (χ0) is 22.6. The van der Waals surface area contributed by atoms with E-state index in [1.807, 2.05) is 74.2 Å². The Bertz CT molecular complexity index is 1050. The molecule has 1 fully saturated rings. The Morgan fingerprint density at radius 3 is 2.38 bits per heavy atom. The summed E-state index contributed by atoms with van der Waals surface area (Å²) < 4.78 is 5.56. The lowest BCUT2D eigenvalue weighted by molar-refractivity contribution is 0.0115. The summed E-state index contributed by atoms with van der Waals surface area (Å²) in [5.41, 5.74) is 0.995. The molecule has 1 amide bonds. The van der Waals surface area contributed by atoms with Gasteiger partial charge in [-0.3, -0.25) is 4.99 Å². The highest BCUT2D eigenvalue weighted by Crippen LogP contribution is 2.49. The second kappa shape index (κ2) is 7.34. The molecule has 0 aliphatic carbocycles. The van der Waals surface area contributed by atoms with E-state index in [9.17, 15) is 9.90 Å². The number of likely N-dealkylation sites (tertiary alicyclic amines) is 1. The first-order chi connectivity index (χ1) is 15.2. The Morgan fingerprint density at radius 2 is 1.69 bits per heavy atom. The lowest BCUT2D eigenvalue weighted by Gasteiger charge is -2.46. The van der Waals surface area contributed by atoms with Crippen molar-refractivity contribution < 1.29 is 14.6 Å². The molecule has 0 aromatic heterocycles. The molecule has 3 aliphatic rings. The predicted molar refractivity (Wildman–Crippen MR) is 125 cm³/mol. The second-order valence-corrected chi connectivity index (χ2v) is 10.3. The summed E-state index contributed by atoms with van der Waals surface area (Å²) in [5, 5.41) is 12.0. The highest BCUT2D eigenvalue weighted by Gasteiger charge is 2.53. The fourth-order valence-corrected chi connectivity index (χ4v) is 5.20. The molecule has 32 heavy (non-hydrogen) atoms. The number of nitrogens with zero attached hydrogens (tertiary/aromatic N) is 3. The van der Waals surface area contributed by atoms with Gasteiger partial charge in [-0.1, -0.05) is 48.5 Å². The average molecular weight is 434 g/mol. The highest BCUT2D eigenvalue weighted by atomic mass is 16.6. The number of anilines is 1. The Kier molecular flexibility index (Phi) is 4.82. The fraction of sp³-hybridized carbons (Fsp3) is 0.462. The van der Waals surface area contributed by atoms with Crippen LogP contribution in [0.15, 0.2) is 59.6 Å². The average Bonchev–Trinajstić information content (AvgIpc) is 3.03. The van der Waals surface area contributed by atoms with E-state index >= 15 is 0 Å². The molecule has 6 nitrogen and oxygen atoms in total. The zero-order valence-corrected chi connectivity index (χ0v) is 19.0. The number of piperidine rings is 1. The summed E-state index contributed by atoms with van der Waals surface area (Å²) in [5.74, 6) is 0.713. The molecule has 1 unspecified atom stereocenters. The topological polar surface area (TPSA) is 65.4 Å². The van der Waals surface area contributed by atoms with Crippen molar-refractivity contribution in [3.05, 3.63) is 65.7 Å². The van der Waals surface area contributed by atoms with Gasteiger partial charge in [-0.2, -0.15) is 0 Å². The monoisotopic (exact) mass is 433 g/mol. The number of aliphatic imine (C=N–C) groups is 1. The normalized spacial score (nSPS) is 24.1. The smallest absolute Gasteiger partial charge is 0.410 e. The number of rotatable bonds is 1. The van der Waals surface area contributed by atoms with Gasteiger partial charge in [0.25, 0.3) is 0 Å². The lowest BCUT2D eigenvalue weighted by Crippen LogP contribution is -2.55. The van der Waals surface area contributed by atoms with Crippen molar-refractivity contribution in [3.63, 3.8) is 0 Å². The van der Waals surface area contributed by atoms with Crippen molar-refractivity contribution in [2.75, 3.05) is 31.1 Å². The molecule has 3 aliphatic heterocycles. The van der Waals surface area contributed by atoms with E-state index in [1.165, 1.54) is 0 Å². The molecule has 6 heteroatoms. The summed E-state index contributed by atoms with van der Waals surface area (Å²) in [6.07, 6.45) is 1.49. The van der Waals surface area contributed by atoms with Crippen LogP contribution >= 0.6 is 0 Å². The third-order valence-corrected chi connectivity index (χ3v) is 6.89. The maximum absolute atomic E-state index is 12.5. The summed E-state index contributed by atoms with van der Waals surface area (Å²) in [6, 6.07) is 17.9. The van der Waals surface area contributed by atoms with Crippen LogP contribution in [0.5, 0.6) is 0 Å². The van der Waals surface area contributed by atoms with E-state index in [2.05, 4.69) is 11.0 Å². The number of hydrogen-bond donors (Lipinski definition) is 1. The summed E-state index contributed by atoms with van der Waals surface area (Å²) in [4.78, 5) is 21.5. The summed E-state index contributed by atoms with van der Waals surface area (Å²) in [6.45, 7) is 8.46. The van der Waals surface area contributed by atoms with Gasteiger partial charge in [0.2, 0.25) is 0 Å². The highest BCUT2D eigenvalue weighted by molar-refractivity contribution is 6.12. The Balaban J connectivity index is 1.42. The minimum absolute atomic E-state index is 0.0168. The van der Waals surface area contributed by atoms with E-state index in [1.54, 1.807) is 0 Å². The standard InChI is InChI=1S/C26H31N3O3/c1-24(2,3)32-23(30)28-15-13-25(14-16-28)17-27-22-26(31,19-9-5-4-6-10-19)20-11-7-8-12-21(20)29(22)18-25/h4-12,31H,13-18H2,1-3H3. The fourth-order valence-electron chi connectivity index (χ4n) is 5.20. The van der Waals surface area contributed by atoms with Crippen LogP contribution in [0.3, 0.4) is 0 Å². The van der Waals surface area contributed by atoms with E-state index in [0.717, 1.165) is 36.2 Å². The van der Waals surface area contributed by atoms with Gasteiger partial charge in [0.1, 0.15) is 11.4 Å². The van der Waals surface area contributed by atoms with Crippen molar-refractivity contribution in [2.45, 2.75) is 44.8 Å². The van der Waals surface area contributed by atoms with Gasteiger partial charge in [0, 0.05) is 42.8 Å². The molecule has 168 valence electrons. The van der Waals surface area contributed by atoms with E-state index in [-0.39, 0.29) is 11.5 Å². The number of fused-ring (bicyclic) bond motifs is 3. The first-order valence-electron chi connectivity index (χ1n) is 11.4. The molecule has 0 saturated carbocycles. The van der Waals surface area contributed by atoms with Gasteiger partial charge in [0.05, 0.1) is 0 Å². The second-order valence-electron chi connectivity index (χ2n) is 10.3. The Hall–Kier alpha value is -2.86. The van der Waals surface area contributed by atoms with Crippen LogP contribution in [0.2, 0.25) is 0 Å². The Labute approximate surface area is 189 Å². The van der Waals surface area contributed by atoms with Gasteiger partial charge in [-0.05, 0) is 45.2 Å². The first kappa shape index (κ1) is 21.0. The predicted octanol–water partition coefficient (Wildman–Crippen LogP) is 4.17. The molecule has 2 aromatic rings. The molecule has 5 rings (SSSR count). The van der Waals surface area contributed by atoms with E-state index in [4.69, 9.17) is 9.73 Å². The number of amidine groups is 1. The zero-order valence-electron chi connectivity index (χ0n) is 19.0. The SMILES string of the molecule is CC(C)(C)OC(=O)N1CCC2(CC1)CN=C1N(C2)c2ccccc2C1(O)c1ccccc1. The van der Waals surface area contributed by atoms with Crippen LogP contribution in [-0.4, -0.2) is 53.7 Å². The molecular weight excluding hydrogens is 402 g/mol. The molecule has 1 saturated heterocycles. The largest absolute Gasteiger partial charge is 0.444 e. The third kappa shape index (κ3) is 3.37. The van der Waals surface area contributed by atoms with Gasteiger partial charge >= 0.3 is 6.09 Å². The number of carbonyl (C=O) groups is 1. The van der Waals surface area contributed by atoms with Crippen molar-refractivity contribution >= 4 is 17.6 Å². The molecule has 1 spiro atoms. The van der Waals surface area contributed by atoms with Crippen molar-refractivity contribution in [1.82, 2.24) is 4.90 Å². The molecule has 1 atom stereocenters. The molecule has 2 aromatic carbocycles. The van der Waals surface area contributed by atoms with E-state index in [0.29, 0.717) is 25.5 Å². The van der Waals surface area contributed by atoms with Crippen molar-refractivity contribution in [3.8, 4) is 0 Å². The molecule has 0 bridgehead atoms. The quantitative estimate of drug-likeness (QED) is 0.733. The summed E-state index contributed by atoms with van der Waals surface area (Å²) >= 11 is 0. The number of ether oxygens (including phenoxy) is 1. The minimum atomic E-state index is -1.24. The maximum atomic E-state index is 12.5. The number of hydrogen-bond acceptors (Lipinski definition) is 5. The van der Waals surface area contributed by atoms with Crippen LogP contribution < -0.4 is 4.90 Å². The van der Waals surface area contributed by atoms with Gasteiger partial charge in [-0.15, -0.1) is 0 Å². The van der Waals surface area contributed by atoms with Gasteiger partial charge in [0.15, 0.2) is 5.60 Å². The van der Waals surface area contributed by atoms with Gasteiger partial charge < -0.3 is 19.6 Å². The third-order valence-electron chi connectivity index (χ3n) is 6.89. The van der Waals surface area contributed by atoms with Crippen LogP contribution in [0, 0.1) is 5.41 Å². The molecular formula is C26H31N3O3. The number of para-hydroxylation sites is 1. The van der Waals surface area contributed by atoms with Crippen molar-refractivity contribution in [2.24, 2.45) is 10.4 Å². The first-order valence-corrected chi connectivity index (χ1v) is 11.4. The maximum Gasteiger partial charge on any atom is 0.410 e. The van der Waals surface area contributed by atoms with E-state index < -0.39 is 11.2 Å². The number of amides is 1. The van der Waals surface area contributed by atoms with Gasteiger partial charge in [-0.25, -0.2) is 4.79 Å². The van der Waals surface area contributed by atoms with Crippen molar-refractivity contribution in [1.29, 1.82) is 0 Å². The number of aliphatic hydroxyl groups is 1.